The van der Waals surface area contributed by atoms with Crippen molar-refractivity contribution in [3.8, 4) is 11.3 Å². The fourth-order valence-corrected chi connectivity index (χ4v) is 4.99. The largest absolute Gasteiger partial charge is 0.394 e. The number of thiazole rings is 1. The van der Waals surface area contributed by atoms with Crippen molar-refractivity contribution < 1.29 is 9.90 Å². The highest BCUT2D eigenvalue weighted by Crippen LogP contribution is 2.32. The lowest BCUT2D eigenvalue weighted by Gasteiger charge is -2.16. The maximum atomic E-state index is 13.0. The second kappa shape index (κ2) is 9.00. The molecule has 34 heavy (non-hydrogen) atoms. The van der Waals surface area contributed by atoms with Crippen LogP contribution in [0.5, 0.6) is 0 Å². The van der Waals surface area contributed by atoms with E-state index in [-0.39, 0.29) is 18.4 Å². The van der Waals surface area contributed by atoms with E-state index in [1.807, 2.05) is 73.2 Å². The van der Waals surface area contributed by atoms with E-state index in [1.165, 1.54) is 11.3 Å². The molecule has 4 heterocycles. The number of likely N-dealkylation sites (N-methyl/N-ethyl adjacent to an activating group) is 1. The van der Waals surface area contributed by atoms with Gasteiger partial charge in [-0.1, -0.05) is 35.9 Å². The number of hydrogen-bond donors (Lipinski definition) is 2. The molecule has 2 atom stereocenters. The van der Waals surface area contributed by atoms with E-state index in [1.54, 1.807) is 6.20 Å². The number of aryl methyl sites for hydroxylation is 2. The molecule has 1 aliphatic heterocycles. The number of aliphatic hydroxyl groups is 1. The Hall–Kier alpha value is -3.56. The number of aliphatic hydroxyl groups excluding tert-OH is 1. The normalized spacial score (nSPS) is 16.4. The van der Waals surface area contributed by atoms with Crippen LogP contribution >= 0.6 is 11.3 Å². The topological polar surface area (TPSA) is 95.1 Å². The molecule has 0 saturated heterocycles. The number of carbonyl (C=O) groups excluding carboxylic acids is 1. The molecule has 4 aromatic rings. The van der Waals surface area contributed by atoms with Crippen LogP contribution in [0.4, 0.5) is 0 Å². The number of nitrogens with one attached hydrogen (secondary N) is 1. The molecule has 174 valence electrons. The summed E-state index contributed by atoms with van der Waals surface area (Å²) in [5.74, 6) is -0.0614. The number of fused-ring (bicyclic) bond motifs is 1. The highest BCUT2D eigenvalue weighted by molar-refractivity contribution is 7.14. The Morgan fingerprint density at radius 1 is 1.24 bits per heavy atom. The third kappa shape index (κ3) is 4.20. The minimum Gasteiger partial charge on any atom is -0.394 e. The third-order valence-corrected chi connectivity index (χ3v) is 7.05. The average molecular weight is 475 g/mol. The first-order valence-electron chi connectivity index (χ1n) is 11.1. The Bertz CT molecular complexity index is 1370. The summed E-state index contributed by atoms with van der Waals surface area (Å²) >= 11 is 1.34. The molecular weight excluding hydrogens is 448 g/mol. The van der Waals surface area contributed by atoms with Crippen LogP contribution in [0, 0.1) is 13.8 Å². The predicted octanol–water partition coefficient (Wildman–Crippen LogP) is 3.55. The summed E-state index contributed by atoms with van der Waals surface area (Å²) in [7, 11) is 1.96. The summed E-state index contributed by atoms with van der Waals surface area (Å²) in [4.78, 5) is 18.5. The van der Waals surface area contributed by atoms with Crippen molar-refractivity contribution in [2.75, 3.05) is 20.2 Å². The van der Waals surface area contributed by atoms with Crippen LogP contribution in [0.15, 0.2) is 53.9 Å². The van der Waals surface area contributed by atoms with E-state index in [9.17, 15) is 9.90 Å². The standard InChI is InChI=1S/C25H26N6O2S/c1-15-4-6-17(7-5-15)21(14-32)28-24(33)25-29-23(16(2)34-25)20-11-27-31-13-18(8-9-22(20)31)19-10-26-30(3)12-19/h4-11,13,19,21,32H,12,14H2,1-3H3,(H,28,33)/t19?,21-/m1/s1. The van der Waals surface area contributed by atoms with Crippen LogP contribution in [-0.2, 0) is 0 Å². The fourth-order valence-electron chi connectivity index (χ4n) is 4.16. The second-order valence-corrected chi connectivity index (χ2v) is 9.81. The van der Waals surface area contributed by atoms with Crippen molar-refractivity contribution in [2.45, 2.75) is 25.8 Å². The number of rotatable bonds is 6. The number of aromatic nitrogens is 3. The van der Waals surface area contributed by atoms with Gasteiger partial charge in [-0.05, 0) is 31.0 Å². The molecular formula is C25H26N6O2S. The van der Waals surface area contributed by atoms with Gasteiger partial charge in [0.15, 0.2) is 5.01 Å². The van der Waals surface area contributed by atoms with E-state index in [4.69, 9.17) is 0 Å². The summed E-state index contributed by atoms with van der Waals surface area (Å²) in [6, 6.07) is 11.4. The van der Waals surface area contributed by atoms with Crippen LogP contribution in [0.25, 0.3) is 16.8 Å². The summed E-state index contributed by atoms with van der Waals surface area (Å²) in [5.41, 5.74) is 5.68. The zero-order valence-electron chi connectivity index (χ0n) is 19.3. The highest BCUT2D eigenvalue weighted by Gasteiger charge is 2.22. The molecule has 1 unspecified atom stereocenters. The number of benzene rings is 1. The fraction of sp³-hybridized carbons (Fsp3) is 0.280. The van der Waals surface area contributed by atoms with Crippen LogP contribution < -0.4 is 5.32 Å². The molecule has 0 aliphatic carbocycles. The minimum absolute atomic E-state index is 0.191. The van der Waals surface area contributed by atoms with Gasteiger partial charge in [-0.3, -0.25) is 9.80 Å². The molecule has 9 heteroatoms. The zero-order chi connectivity index (χ0) is 23.8. The van der Waals surface area contributed by atoms with Crippen molar-refractivity contribution in [2.24, 2.45) is 5.10 Å². The quantitative estimate of drug-likeness (QED) is 0.446. The Morgan fingerprint density at radius 3 is 2.74 bits per heavy atom. The molecule has 2 N–H and O–H groups in total. The van der Waals surface area contributed by atoms with Crippen molar-refractivity contribution >= 4 is 29.0 Å². The van der Waals surface area contributed by atoms with Gasteiger partial charge in [-0.25, -0.2) is 9.50 Å². The molecule has 8 nitrogen and oxygen atoms in total. The Balaban J connectivity index is 1.39. The monoisotopic (exact) mass is 474 g/mol. The number of pyridine rings is 1. The molecule has 3 aromatic heterocycles. The van der Waals surface area contributed by atoms with Gasteiger partial charge in [-0.15, -0.1) is 11.3 Å². The second-order valence-electron chi connectivity index (χ2n) is 8.60. The number of carbonyl (C=O) groups is 1. The van der Waals surface area contributed by atoms with Gasteiger partial charge >= 0.3 is 0 Å². The lowest BCUT2D eigenvalue weighted by Crippen LogP contribution is -2.30. The maximum Gasteiger partial charge on any atom is 0.280 e. The van der Waals surface area contributed by atoms with Gasteiger partial charge in [0.05, 0.1) is 30.1 Å². The van der Waals surface area contributed by atoms with Gasteiger partial charge < -0.3 is 10.4 Å². The zero-order valence-corrected chi connectivity index (χ0v) is 20.1. The van der Waals surface area contributed by atoms with Gasteiger partial charge in [0.2, 0.25) is 0 Å². The van der Waals surface area contributed by atoms with Crippen molar-refractivity contribution in [3.63, 3.8) is 0 Å². The van der Waals surface area contributed by atoms with E-state index in [2.05, 4.69) is 26.6 Å². The minimum atomic E-state index is -0.491. The predicted molar refractivity (Wildman–Crippen MR) is 133 cm³/mol. The molecule has 0 fully saturated rings. The van der Waals surface area contributed by atoms with Crippen LogP contribution in [-0.4, -0.2) is 57.0 Å². The van der Waals surface area contributed by atoms with Crippen molar-refractivity contribution in [1.82, 2.24) is 24.9 Å². The summed E-state index contributed by atoms with van der Waals surface area (Å²) in [5, 5.41) is 23.9. The number of amides is 1. The smallest absolute Gasteiger partial charge is 0.280 e. The number of hydrogen-bond acceptors (Lipinski definition) is 7. The van der Waals surface area contributed by atoms with E-state index in [0.717, 1.165) is 44.9 Å². The van der Waals surface area contributed by atoms with Crippen molar-refractivity contribution in [3.05, 3.63) is 75.4 Å². The molecule has 5 rings (SSSR count). The van der Waals surface area contributed by atoms with Crippen LogP contribution in [0.2, 0.25) is 0 Å². The summed E-state index contributed by atoms with van der Waals surface area (Å²) in [6.45, 7) is 4.61. The van der Waals surface area contributed by atoms with Gasteiger partial charge in [0.1, 0.15) is 0 Å². The molecule has 1 aromatic carbocycles. The lowest BCUT2D eigenvalue weighted by molar-refractivity contribution is 0.0916. The molecule has 0 radical (unpaired) electrons. The van der Waals surface area contributed by atoms with Gasteiger partial charge in [-0.2, -0.15) is 10.2 Å². The molecule has 1 aliphatic rings. The first kappa shape index (κ1) is 22.2. The number of hydrazone groups is 1. The summed E-state index contributed by atoms with van der Waals surface area (Å²) < 4.78 is 1.86. The molecule has 0 saturated carbocycles. The van der Waals surface area contributed by atoms with Gasteiger partial charge in [0.25, 0.3) is 5.91 Å². The summed E-state index contributed by atoms with van der Waals surface area (Å²) in [6.07, 6.45) is 5.77. The maximum absolute atomic E-state index is 13.0. The molecule has 0 bridgehead atoms. The first-order valence-corrected chi connectivity index (χ1v) is 11.9. The third-order valence-electron chi connectivity index (χ3n) is 6.09. The first-order chi connectivity index (χ1) is 16.4. The van der Waals surface area contributed by atoms with E-state index < -0.39 is 6.04 Å². The number of nitrogens with zero attached hydrogens (tertiary/aromatic N) is 5. The SMILES string of the molecule is Cc1ccc([C@@H](CO)NC(=O)c2nc(-c3cnn4cc(C5C=NN(C)C5)ccc34)c(C)s2)cc1. The molecule has 1 amide bonds. The highest BCUT2D eigenvalue weighted by atomic mass is 32.1. The van der Waals surface area contributed by atoms with Crippen LogP contribution in [0.1, 0.15) is 43.3 Å². The van der Waals surface area contributed by atoms with E-state index in [0.29, 0.717) is 5.01 Å². The van der Waals surface area contributed by atoms with Crippen molar-refractivity contribution in [1.29, 1.82) is 0 Å². The Kier molecular flexibility index (Phi) is 5.89. The lowest BCUT2D eigenvalue weighted by atomic mass is 10.0. The average Bonchev–Trinajstić information content (AvgIpc) is 3.55. The Morgan fingerprint density at radius 2 is 2.03 bits per heavy atom. The van der Waals surface area contributed by atoms with E-state index >= 15 is 0 Å². The molecule has 0 spiro atoms. The van der Waals surface area contributed by atoms with Gasteiger partial charge in [0, 0.05) is 42.4 Å². The Labute approximate surface area is 201 Å². The van der Waals surface area contributed by atoms with Crippen LogP contribution in [0.3, 0.4) is 0 Å².